The number of aromatic hydroxyl groups is 2. The van der Waals surface area contributed by atoms with Crippen molar-refractivity contribution in [1.29, 1.82) is 0 Å². The van der Waals surface area contributed by atoms with Gasteiger partial charge in [-0.05, 0) is 44.0 Å². The van der Waals surface area contributed by atoms with Gasteiger partial charge in [0.25, 0.3) is 0 Å². The van der Waals surface area contributed by atoms with E-state index >= 15 is 0 Å². The Balaban J connectivity index is 2.49. The molecule has 2 aromatic carbocycles. The number of benzene rings is 2. The fourth-order valence-corrected chi connectivity index (χ4v) is 2.25. The summed E-state index contributed by atoms with van der Waals surface area (Å²) >= 11 is 0. The quantitative estimate of drug-likeness (QED) is 0.662. The van der Waals surface area contributed by atoms with Crippen LogP contribution in [0.5, 0.6) is 11.5 Å². The molecule has 0 radical (unpaired) electrons. The molecule has 0 unspecified atom stereocenters. The summed E-state index contributed by atoms with van der Waals surface area (Å²) in [6.07, 6.45) is 0. The standard InChI is InChI=1S/C17H18O3/c1-11-9-14(18)15(19)10-13(11)16(20)17(2,3)12-7-5-4-6-8-12/h4-10,18-19H,1-3H3. The van der Waals surface area contributed by atoms with Gasteiger partial charge in [0.2, 0.25) is 0 Å². The number of phenols is 2. The van der Waals surface area contributed by atoms with Crippen LogP contribution < -0.4 is 0 Å². The summed E-state index contributed by atoms with van der Waals surface area (Å²) < 4.78 is 0. The van der Waals surface area contributed by atoms with Gasteiger partial charge in [0.1, 0.15) is 0 Å². The van der Waals surface area contributed by atoms with Crippen LogP contribution in [0.4, 0.5) is 0 Å². The Morgan fingerprint density at radius 3 is 2.15 bits per heavy atom. The van der Waals surface area contributed by atoms with E-state index in [4.69, 9.17) is 0 Å². The second kappa shape index (κ2) is 5.00. The third-order valence-corrected chi connectivity index (χ3v) is 3.63. The topological polar surface area (TPSA) is 57.5 Å². The van der Waals surface area contributed by atoms with E-state index in [1.165, 1.54) is 12.1 Å². The van der Waals surface area contributed by atoms with Gasteiger partial charge in [-0.1, -0.05) is 30.3 Å². The van der Waals surface area contributed by atoms with Crippen molar-refractivity contribution < 1.29 is 15.0 Å². The zero-order valence-electron chi connectivity index (χ0n) is 11.8. The summed E-state index contributed by atoms with van der Waals surface area (Å²) in [7, 11) is 0. The van der Waals surface area contributed by atoms with Gasteiger partial charge in [0.05, 0.1) is 5.41 Å². The molecule has 2 N–H and O–H groups in total. The smallest absolute Gasteiger partial charge is 0.173 e. The predicted molar refractivity (Wildman–Crippen MR) is 78.3 cm³/mol. The van der Waals surface area contributed by atoms with Crippen molar-refractivity contribution in [2.24, 2.45) is 0 Å². The van der Waals surface area contributed by atoms with E-state index in [1.807, 2.05) is 44.2 Å². The molecule has 0 spiro atoms. The van der Waals surface area contributed by atoms with Crippen LogP contribution >= 0.6 is 0 Å². The van der Waals surface area contributed by atoms with Gasteiger partial charge in [0, 0.05) is 5.56 Å². The van der Waals surface area contributed by atoms with Crippen molar-refractivity contribution in [1.82, 2.24) is 0 Å². The second-order valence-corrected chi connectivity index (χ2v) is 5.48. The molecule has 0 heterocycles. The largest absolute Gasteiger partial charge is 0.504 e. The SMILES string of the molecule is Cc1cc(O)c(O)cc1C(=O)C(C)(C)c1ccccc1. The highest BCUT2D eigenvalue weighted by atomic mass is 16.3. The summed E-state index contributed by atoms with van der Waals surface area (Å²) in [5.74, 6) is -0.573. The first-order valence-corrected chi connectivity index (χ1v) is 6.47. The number of carbonyl (C=O) groups is 1. The number of phenolic OH excluding ortho intramolecular Hbond substituents is 2. The van der Waals surface area contributed by atoms with Crippen molar-refractivity contribution in [3.63, 3.8) is 0 Å². The van der Waals surface area contributed by atoms with Crippen LogP contribution in [-0.4, -0.2) is 16.0 Å². The van der Waals surface area contributed by atoms with Gasteiger partial charge >= 0.3 is 0 Å². The minimum absolute atomic E-state index is 0.0866. The summed E-state index contributed by atoms with van der Waals surface area (Å²) in [4.78, 5) is 12.8. The van der Waals surface area contributed by atoms with Crippen LogP contribution in [0.15, 0.2) is 42.5 Å². The Kier molecular flexibility index (Phi) is 3.53. The van der Waals surface area contributed by atoms with E-state index in [0.29, 0.717) is 11.1 Å². The molecule has 2 rings (SSSR count). The Labute approximate surface area is 118 Å². The molecule has 0 aromatic heterocycles. The summed E-state index contributed by atoms with van der Waals surface area (Å²) in [5, 5.41) is 19.1. The van der Waals surface area contributed by atoms with Crippen molar-refractivity contribution in [3.05, 3.63) is 59.2 Å². The molecular weight excluding hydrogens is 252 g/mol. The predicted octanol–water partition coefficient (Wildman–Crippen LogP) is 3.57. The molecule has 2 aromatic rings. The van der Waals surface area contributed by atoms with E-state index in [1.54, 1.807) is 6.92 Å². The minimum atomic E-state index is -0.699. The zero-order valence-corrected chi connectivity index (χ0v) is 11.8. The highest BCUT2D eigenvalue weighted by Crippen LogP contribution is 2.33. The van der Waals surface area contributed by atoms with Crippen LogP contribution in [0.3, 0.4) is 0 Å². The number of rotatable bonds is 3. The first-order valence-electron chi connectivity index (χ1n) is 6.47. The third-order valence-electron chi connectivity index (χ3n) is 3.63. The number of aryl methyl sites for hydroxylation is 1. The lowest BCUT2D eigenvalue weighted by Crippen LogP contribution is -2.29. The maximum absolute atomic E-state index is 12.8. The molecule has 3 nitrogen and oxygen atoms in total. The maximum Gasteiger partial charge on any atom is 0.173 e. The molecule has 104 valence electrons. The van der Waals surface area contributed by atoms with Gasteiger partial charge in [-0.15, -0.1) is 0 Å². The zero-order chi connectivity index (χ0) is 14.9. The lowest BCUT2D eigenvalue weighted by Gasteiger charge is -2.24. The number of Topliss-reactive ketones (excluding diaryl/α,β-unsaturated/α-hetero) is 1. The normalized spacial score (nSPS) is 11.3. The van der Waals surface area contributed by atoms with Crippen molar-refractivity contribution in [2.45, 2.75) is 26.2 Å². The Hall–Kier alpha value is -2.29. The first-order chi connectivity index (χ1) is 9.34. The summed E-state index contributed by atoms with van der Waals surface area (Å²) in [6.45, 7) is 5.45. The van der Waals surface area contributed by atoms with E-state index in [0.717, 1.165) is 5.56 Å². The molecule has 0 amide bonds. The van der Waals surface area contributed by atoms with Crippen LogP contribution in [0.25, 0.3) is 0 Å². The fourth-order valence-electron chi connectivity index (χ4n) is 2.25. The number of ketones is 1. The van der Waals surface area contributed by atoms with Gasteiger partial charge in [-0.2, -0.15) is 0 Å². The van der Waals surface area contributed by atoms with E-state index in [-0.39, 0.29) is 17.3 Å². The molecule has 0 fully saturated rings. The highest BCUT2D eigenvalue weighted by Gasteiger charge is 2.31. The molecule has 0 bridgehead atoms. The first kappa shape index (κ1) is 14.1. The lowest BCUT2D eigenvalue weighted by molar-refractivity contribution is 0.0907. The Morgan fingerprint density at radius 1 is 1.00 bits per heavy atom. The van der Waals surface area contributed by atoms with Gasteiger partial charge < -0.3 is 10.2 Å². The highest BCUT2D eigenvalue weighted by molar-refractivity contribution is 6.05. The molecule has 0 aliphatic carbocycles. The van der Waals surface area contributed by atoms with Crippen LogP contribution in [0.2, 0.25) is 0 Å². The van der Waals surface area contributed by atoms with E-state index in [2.05, 4.69) is 0 Å². The van der Waals surface area contributed by atoms with Crippen LogP contribution in [0.1, 0.15) is 35.3 Å². The van der Waals surface area contributed by atoms with Gasteiger partial charge in [0.15, 0.2) is 17.3 Å². The van der Waals surface area contributed by atoms with Crippen molar-refractivity contribution in [3.8, 4) is 11.5 Å². The minimum Gasteiger partial charge on any atom is -0.504 e. The van der Waals surface area contributed by atoms with E-state index in [9.17, 15) is 15.0 Å². The molecule has 0 aliphatic rings. The van der Waals surface area contributed by atoms with Crippen molar-refractivity contribution in [2.75, 3.05) is 0 Å². The lowest BCUT2D eigenvalue weighted by atomic mass is 9.77. The monoisotopic (exact) mass is 270 g/mol. The average molecular weight is 270 g/mol. The average Bonchev–Trinajstić information content (AvgIpc) is 2.43. The van der Waals surface area contributed by atoms with Gasteiger partial charge in [-0.25, -0.2) is 0 Å². The number of carbonyl (C=O) groups excluding carboxylic acids is 1. The Bertz CT molecular complexity index is 643. The number of hydrogen-bond donors (Lipinski definition) is 2. The number of hydrogen-bond acceptors (Lipinski definition) is 3. The summed E-state index contributed by atoms with van der Waals surface area (Å²) in [6, 6.07) is 12.3. The maximum atomic E-state index is 12.8. The van der Waals surface area contributed by atoms with Crippen LogP contribution in [-0.2, 0) is 5.41 Å². The molecule has 0 saturated carbocycles. The van der Waals surface area contributed by atoms with E-state index < -0.39 is 5.41 Å². The Morgan fingerprint density at radius 2 is 1.55 bits per heavy atom. The van der Waals surface area contributed by atoms with Gasteiger partial charge in [-0.3, -0.25) is 4.79 Å². The van der Waals surface area contributed by atoms with Crippen molar-refractivity contribution >= 4 is 5.78 Å². The second-order valence-electron chi connectivity index (χ2n) is 5.48. The molecular formula is C17H18O3. The molecule has 20 heavy (non-hydrogen) atoms. The third kappa shape index (κ3) is 2.39. The summed E-state index contributed by atoms with van der Waals surface area (Å²) in [5.41, 5.74) is 1.29. The molecule has 0 atom stereocenters. The molecule has 3 heteroatoms. The fraction of sp³-hybridized carbons (Fsp3) is 0.235. The molecule has 0 aliphatic heterocycles. The molecule has 0 saturated heterocycles. The van der Waals surface area contributed by atoms with Crippen LogP contribution in [0, 0.1) is 6.92 Å².